The van der Waals surface area contributed by atoms with Gasteiger partial charge in [0, 0.05) is 67.2 Å². The number of rotatable bonds is 7. The van der Waals surface area contributed by atoms with Crippen molar-refractivity contribution >= 4 is 5.91 Å². The Morgan fingerprint density at radius 1 is 1.23 bits per heavy atom. The van der Waals surface area contributed by atoms with E-state index in [1.165, 1.54) is 17.8 Å². The lowest BCUT2D eigenvalue weighted by atomic mass is 9.74. The minimum atomic E-state index is 0.0572. The molecular weight excluding hydrogens is 374 g/mol. The third-order valence-electron chi connectivity index (χ3n) is 6.95. The number of hydrogen-bond acceptors (Lipinski definition) is 5. The first-order valence-electron chi connectivity index (χ1n) is 11.4. The van der Waals surface area contributed by atoms with Crippen LogP contribution < -0.4 is 5.32 Å². The molecule has 2 bridgehead atoms. The van der Waals surface area contributed by atoms with Crippen LogP contribution in [0.3, 0.4) is 0 Å². The number of nitrogens with one attached hydrogen (secondary N) is 1. The fourth-order valence-electron chi connectivity index (χ4n) is 5.17. The van der Waals surface area contributed by atoms with Gasteiger partial charge < -0.3 is 5.32 Å². The molecule has 6 nitrogen and oxygen atoms in total. The third kappa shape index (κ3) is 4.38. The van der Waals surface area contributed by atoms with E-state index >= 15 is 0 Å². The summed E-state index contributed by atoms with van der Waals surface area (Å²) in [5.74, 6) is 2.39. The maximum absolute atomic E-state index is 11.4. The summed E-state index contributed by atoms with van der Waals surface area (Å²) < 4.78 is 0. The van der Waals surface area contributed by atoms with Crippen molar-refractivity contribution in [3.05, 3.63) is 42.0 Å². The summed E-state index contributed by atoms with van der Waals surface area (Å²) in [6, 6.07) is 6.72. The van der Waals surface area contributed by atoms with Crippen LogP contribution in [0.15, 0.2) is 30.6 Å². The van der Waals surface area contributed by atoms with Crippen molar-refractivity contribution in [2.24, 2.45) is 5.92 Å². The number of fused-ring (bicyclic) bond motifs is 3. The zero-order chi connectivity index (χ0) is 21.1. The van der Waals surface area contributed by atoms with Gasteiger partial charge in [-0.2, -0.15) is 0 Å². The lowest BCUT2D eigenvalue weighted by Gasteiger charge is -2.49. The highest BCUT2D eigenvalue weighted by Crippen LogP contribution is 2.42. The van der Waals surface area contributed by atoms with E-state index in [9.17, 15) is 4.79 Å². The Morgan fingerprint density at radius 2 is 2.00 bits per heavy atom. The number of amides is 1. The highest BCUT2D eigenvalue weighted by atomic mass is 16.1. The Hall–Kier alpha value is -2.34. The maximum atomic E-state index is 11.4. The van der Waals surface area contributed by atoms with E-state index in [-0.39, 0.29) is 5.91 Å². The number of pyridine rings is 1. The molecule has 5 heterocycles. The normalized spacial score (nSPS) is 25.5. The number of hydrogen-bond donors (Lipinski definition) is 1. The second-order valence-electron chi connectivity index (χ2n) is 8.77. The molecule has 0 saturated carbocycles. The number of carbonyl (C=O) groups is 1. The van der Waals surface area contributed by atoms with E-state index in [1.807, 2.05) is 24.5 Å². The first-order valence-corrected chi connectivity index (χ1v) is 11.4. The molecule has 5 rings (SSSR count). The molecule has 2 aromatic heterocycles. The van der Waals surface area contributed by atoms with Gasteiger partial charge in [0.1, 0.15) is 0 Å². The second-order valence-corrected chi connectivity index (χ2v) is 8.77. The van der Waals surface area contributed by atoms with Crippen molar-refractivity contribution in [3.8, 4) is 11.4 Å². The number of aromatic nitrogens is 3. The molecule has 0 spiro atoms. The maximum Gasteiger partial charge on any atom is 0.216 e. The predicted octanol–water partition coefficient (Wildman–Crippen LogP) is 3.76. The van der Waals surface area contributed by atoms with E-state index in [0.29, 0.717) is 23.8 Å². The van der Waals surface area contributed by atoms with Crippen LogP contribution >= 0.6 is 0 Å². The summed E-state index contributed by atoms with van der Waals surface area (Å²) in [6.45, 7) is 8.97. The van der Waals surface area contributed by atoms with Crippen molar-refractivity contribution in [3.63, 3.8) is 0 Å². The van der Waals surface area contributed by atoms with Crippen molar-refractivity contribution in [2.75, 3.05) is 19.6 Å². The largest absolute Gasteiger partial charge is 0.355 e. The number of carbonyl (C=O) groups excluding carboxylic acids is 1. The highest BCUT2D eigenvalue weighted by Gasteiger charge is 2.41. The monoisotopic (exact) mass is 407 g/mol. The minimum Gasteiger partial charge on any atom is -0.355 e. The molecule has 3 fully saturated rings. The topological polar surface area (TPSA) is 71.0 Å². The fourth-order valence-corrected chi connectivity index (χ4v) is 5.17. The Morgan fingerprint density at radius 3 is 2.63 bits per heavy atom. The second kappa shape index (κ2) is 9.21. The molecule has 1 N–H and O–H groups in total. The summed E-state index contributed by atoms with van der Waals surface area (Å²) in [5.41, 5.74) is 3.39. The van der Waals surface area contributed by atoms with Gasteiger partial charge in [0.05, 0.1) is 0 Å². The quantitative estimate of drug-likeness (QED) is 0.757. The fraction of sp³-hybridized carbons (Fsp3) is 0.583. The van der Waals surface area contributed by atoms with Crippen molar-refractivity contribution in [1.82, 2.24) is 25.2 Å². The van der Waals surface area contributed by atoms with Crippen LogP contribution in [0.25, 0.3) is 11.4 Å². The van der Waals surface area contributed by atoms with Crippen LogP contribution in [0.2, 0.25) is 0 Å². The standard InChI is InChI=1S/C24H33N5O/c1-4-17(5-2)22-13-23(28-24(27-22)18-6-9-25-10-7-18)21-15-29-11-8-19(21)12-20(29)14-26-16(3)30/h6-7,9-10,13,17,19-21H,4-5,8,11-12,14-15H2,1-3H3,(H,26,30). The molecule has 4 atom stereocenters. The molecule has 3 aliphatic heterocycles. The summed E-state index contributed by atoms with van der Waals surface area (Å²) >= 11 is 0. The molecule has 4 unspecified atom stereocenters. The van der Waals surface area contributed by atoms with Crippen molar-refractivity contribution in [1.29, 1.82) is 0 Å². The van der Waals surface area contributed by atoms with E-state index in [4.69, 9.17) is 9.97 Å². The summed E-state index contributed by atoms with van der Waals surface area (Å²) in [6.07, 6.45) is 8.12. The van der Waals surface area contributed by atoms with E-state index < -0.39 is 0 Å². The molecule has 160 valence electrons. The molecule has 0 radical (unpaired) electrons. The van der Waals surface area contributed by atoms with Gasteiger partial charge in [-0.3, -0.25) is 14.7 Å². The van der Waals surface area contributed by atoms with Crippen molar-refractivity contribution < 1.29 is 4.79 Å². The van der Waals surface area contributed by atoms with Crippen LogP contribution in [0, 0.1) is 5.92 Å². The third-order valence-corrected chi connectivity index (χ3v) is 6.95. The van der Waals surface area contributed by atoms with Gasteiger partial charge in [-0.05, 0) is 56.3 Å². The Labute approximate surface area is 179 Å². The van der Waals surface area contributed by atoms with E-state index in [2.05, 4.69) is 35.1 Å². The van der Waals surface area contributed by atoms with Gasteiger partial charge in [0.25, 0.3) is 0 Å². The number of nitrogens with zero attached hydrogens (tertiary/aromatic N) is 4. The van der Waals surface area contributed by atoms with Gasteiger partial charge in [-0.25, -0.2) is 9.97 Å². The van der Waals surface area contributed by atoms with Crippen molar-refractivity contribution in [2.45, 2.75) is 64.3 Å². The van der Waals surface area contributed by atoms with Gasteiger partial charge in [-0.15, -0.1) is 0 Å². The van der Waals surface area contributed by atoms with Crippen LogP contribution in [0.5, 0.6) is 0 Å². The summed E-state index contributed by atoms with van der Waals surface area (Å²) in [4.78, 5) is 28.1. The van der Waals surface area contributed by atoms with Gasteiger partial charge in [-0.1, -0.05) is 13.8 Å². The van der Waals surface area contributed by atoms with Crippen LogP contribution in [-0.4, -0.2) is 51.4 Å². The highest BCUT2D eigenvalue weighted by molar-refractivity contribution is 5.72. The lowest BCUT2D eigenvalue weighted by Crippen LogP contribution is -2.56. The molecule has 1 amide bonds. The van der Waals surface area contributed by atoms with Gasteiger partial charge in [0.15, 0.2) is 5.82 Å². The minimum absolute atomic E-state index is 0.0572. The van der Waals surface area contributed by atoms with Gasteiger partial charge >= 0.3 is 0 Å². The Kier molecular flexibility index (Phi) is 6.42. The lowest BCUT2D eigenvalue weighted by molar-refractivity contribution is -0.119. The van der Waals surface area contributed by atoms with Crippen LogP contribution in [-0.2, 0) is 4.79 Å². The average molecular weight is 408 g/mol. The molecule has 2 aromatic rings. The summed E-state index contributed by atoms with van der Waals surface area (Å²) in [5, 5.41) is 3.01. The number of piperidine rings is 3. The SMILES string of the molecule is CCC(CC)c1cc(C2CN3CCC2CC3CNC(C)=O)nc(-c2ccncc2)n1. The molecular formula is C24H33N5O. The molecule has 0 aliphatic carbocycles. The molecule has 6 heteroatoms. The smallest absolute Gasteiger partial charge is 0.216 e. The predicted molar refractivity (Wildman–Crippen MR) is 118 cm³/mol. The summed E-state index contributed by atoms with van der Waals surface area (Å²) in [7, 11) is 0. The molecule has 30 heavy (non-hydrogen) atoms. The molecule has 3 saturated heterocycles. The Bertz CT molecular complexity index is 867. The average Bonchev–Trinajstić information content (AvgIpc) is 2.79. The Balaban J connectivity index is 1.64. The zero-order valence-electron chi connectivity index (χ0n) is 18.3. The van der Waals surface area contributed by atoms with Crippen LogP contribution in [0.4, 0.5) is 0 Å². The van der Waals surface area contributed by atoms with Crippen LogP contribution in [0.1, 0.15) is 69.7 Å². The molecule has 3 aliphatic rings. The zero-order valence-corrected chi connectivity index (χ0v) is 18.3. The first-order chi connectivity index (χ1) is 14.6. The first kappa shape index (κ1) is 20.9. The van der Waals surface area contributed by atoms with E-state index in [1.54, 1.807) is 6.92 Å². The van der Waals surface area contributed by atoms with E-state index in [0.717, 1.165) is 50.3 Å². The van der Waals surface area contributed by atoms with Gasteiger partial charge in [0.2, 0.25) is 5.91 Å². The molecule has 0 aromatic carbocycles.